The number of para-hydroxylation sites is 1. The lowest BCUT2D eigenvalue weighted by atomic mass is 9.96. The Bertz CT molecular complexity index is 667. The van der Waals surface area contributed by atoms with Crippen molar-refractivity contribution in [2.45, 2.75) is 45.6 Å². The first-order valence-electron chi connectivity index (χ1n) is 9.75. The number of ether oxygens (including phenoxy) is 2. The normalized spacial score (nSPS) is 15.2. The standard InChI is InChI=1S/C21H31ClN2O4/c1-21(2,3)28-20(26)23(4)15-16-9-12-24(13-10-16)19(25)11-14-27-18-8-6-5-7-17(18)22/h5-8,16H,9-15H2,1-4H3. The fourth-order valence-electron chi connectivity index (χ4n) is 3.13. The maximum atomic E-state index is 12.4. The molecule has 0 unspecified atom stereocenters. The molecule has 0 radical (unpaired) electrons. The molecule has 1 heterocycles. The van der Waals surface area contributed by atoms with E-state index in [2.05, 4.69) is 0 Å². The van der Waals surface area contributed by atoms with E-state index in [0.717, 1.165) is 12.8 Å². The zero-order valence-corrected chi connectivity index (χ0v) is 18.0. The Morgan fingerprint density at radius 3 is 2.46 bits per heavy atom. The van der Waals surface area contributed by atoms with Crippen molar-refractivity contribution in [1.82, 2.24) is 9.80 Å². The Balaban J connectivity index is 1.69. The number of rotatable bonds is 6. The van der Waals surface area contributed by atoms with Crippen LogP contribution in [0.5, 0.6) is 5.75 Å². The van der Waals surface area contributed by atoms with Gasteiger partial charge in [-0.2, -0.15) is 0 Å². The van der Waals surface area contributed by atoms with Gasteiger partial charge in [-0.1, -0.05) is 23.7 Å². The number of benzene rings is 1. The molecule has 6 nitrogen and oxygen atoms in total. The Labute approximate surface area is 172 Å². The zero-order valence-electron chi connectivity index (χ0n) is 17.2. The van der Waals surface area contributed by atoms with E-state index in [4.69, 9.17) is 21.1 Å². The molecule has 0 bridgehead atoms. The minimum atomic E-state index is -0.493. The number of likely N-dealkylation sites (tertiary alicyclic amines) is 1. The molecule has 28 heavy (non-hydrogen) atoms. The first kappa shape index (κ1) is 22.3. The highest BCUT2D eigenvalue weighted by Gasteiger charge is 2.26. The van der Waals surface area contributed by atoms with E-state index in [1.165, 1.54) is 0 Å². The molecule has 1 fully saturated rings. The number of nitrogens with zero attached hydrogens (tertiary/aromatic N) is 2. The Morgan fingerprint density at radius 2 is 1.86 bits per heavy atom. The molecule has 1 aliphatic rings. The lowest BCUT2D eigenvalue weighted by Gasteiger charge is -2.34. The predicted molar refractivity (Wildman–Crippen MR) is 110 cm³/mol. The van der Waals surface area contributed by atoms with Crippen molar-refractivity contribution in [2.24, 2.45) is 5.92 Å². The number of piperidine rings is 1. The van der Waals surface area contributed by atoms with Crippen LogP contribution in [-0.2, 0) is 9.53 Å². The third-order valence-corrected chi connectivity index (χ3v) is 4.93. The fraction of sp³-hybridized carbons (Fsp3) is 0.619. The van der Waals surface area contributed by atoms with Gasteiger partial charge in [-0.15, -0.1) is 0 Å². The topological polar surface area (TPSA) is 59.1 Å². The van der Waals surface area contributed by atoms with E-state index in [0.29, 0.717) is 49.4 Å². The lowest BCUT2D eigenvalue weighted by Crippen LogP contribution is -2.43. The second kappa shape index (κ2) is 10.0. The Hall–Kier alpha value is -1.95. The van der Waals surface area contributed by atoms with Crippen molar-refractivity contribution < 1.29 is 19.1 Å². The summed E-state index contributed by atoms with van der Waals surface area (Å²) in [5.41, 5.74) is -0.493. The monoisotopic (exact) mass is 410 g/mol. The molecule has 0 N–H and O–H groups in total. The molecule has 2 amide bonds. The summed E-state index contributed by atoms with van der Waals surface area (Å²) in [6.45, 7) is 7.95. The number of amides is 2. The van der Waals surface area contributed by atoms with Crippen molar-refractivity contribution in [3.63, 3.8) is 0 Å². The molecule has 1 aromatic rings. The van der Waals surface area contributed by atoms with Gasteiger partial charge < -0.3 is 19.3 Å². The van der Waals surface area contributed by atoms with Crippen LogP contribution in [0.25, 0.3) is 0 Å². The maximum Gasteiger partial charge on any atom is 0.410 e. The van der Waals surface area contributed by atoms with Crippen LogP contribution in [0.3, 0.4) is 0 Å². The largest absolute Gasteiger partial charge is 0.491 e. The average molecular weight is 411 g/mol. The summed E-state index contributed by atoms with van der Waals surface area (Å²) in [4.78, 5) is 28.0. The third-order valence-electron chi connectivity index (χ3n) is 4.61. The predicted octanol–water partition coefficient (Wildman–Crippen LogP) is 4.21. The molecule has 1 saturated heterocycles. The molecule has 0 aromatic heterocycles. The van der Waals surface area contributed by atoms with E-state index in [1.807, 2.05) is 37.8 Å². The third kappa shape index (κ3) is 7.23. The van der Waals surface area contributed by atoms with Crippen LogP contribution in [-0.4, -0.2) is 60.7 Å². The highest BCUT2D eigenvalue weighted by atomic mass is 35.5. The summed E-state index contributed by atoms with van der Waals surface area (Å²) in [6, 6.07) is 7.24. The van der Waals surface area contributed by atoms with Gasteiger partial charge in [0, 0.05) is 26.7 Å². The van der Waals surface area contributed by atoms with Gasteiger partial charge >= 0.3 is 6.09 Å². The molecule has 0 spiro atoms. The summed E-state index contributed by atoms with van der Waals surface area (Å²) in [5.74, 6) is 1.06. The average Bonchev–Trinajstić information content (AvgIpc) is 2.62. The molecular formula is C21H31ClN2O4. The number of carbonyl (C=O) groups is 2. The van der Waals surface area contributed by atoms with Crippen molar-refractivity contribution in [2.75, 3.05) is 33.3 Å². The molecule has 0 aliphatic carbocycles. The molecule has 2 rings (SSSR count). The number of hydrogen-bond acceptors (Lipinski definition) is 4. The van der Waals surface area contributed by atoms with Gasteiger partial charge in [0.05, 0.1) is 18.1 Å². The molecule has 1 aliphatic heterocycles. The zero-order chi connectivity index (χ0) is 20.7. The minimum Gasteiger partial charge on any atom is -0.491 e. The number of carbonyl (C=O) groups excluding carboxylic acids is 2. The van der Waals surface area contributed by atoms with Crippen molar-refractivity contribution >= 4 is 23.6 Å². The van der Waals surface area contributed by atoms with E-state index in [9.17, 15) is 9.59 Å². The van der Waals surface area contributed by atoms with Crippen LogP contribution in [0.2, 0.25) is 5.02 Å². The van der Waals surface area contributed by atoms with Gasteiger partial charge in [0.15, 0.2) is 0 Å². The molecule has 0 saturated carbocycles. The summed E-state index contributed by atoms with van der Waals surface area (Å²) >= 11 is 6.05. The molecule has 1 aromatic carbocycles. The fourth-order valence-corrected chi connectivity index (χ4v) is 3.33. The van der Waals surface area contributed by atoms with Crippen LogP contribution in [0.1, 0.15) is 40.0 Å². The Kier molecular flexibility index (Phi) is 7.98. The summed E-state index contributed by atoms with van der Waals surface area (Å²) < 4.78 is 11.0. The van der Waals surface area contributed by atoms with E-state index in [1.54, 1.807) is 24.1 Å². The second-order valence-corrected chi connectivity index (χ2v) is 8.62. The molecule has 156 valence electrons. The highest BCUT2D eigenvalue weighted by molar-refractivity contribution is 6.32. The SMILES string of the molecule is CN(CC1CCN(C(=O)CCOc2ccccc2Cl)CC1)C(=O)OC(C)(C)C. The second-order valence-electron chi connectivity index (χ2n) is 8.21. The van der Waals surface area contributed by atoms with Crippen molar-refractivity contribution in [1.29, 1.82) is 0 Å². The van der Waals surface area contributed by atoms with Gasteiger partial charge in [0.25, 0.3) is 0 Å². The minimum absolute atomic E-state index is 0.0889. The van der Waals surface area contributed by atoms with Crippen LogP contribution in [0.4, 0.5) is 4.79 Å². The van der Waals surface area contributed by atoms with Crippen molar-refractivity contribution in [3.8, 4) is 5.75 Å². The smallest absolute Gasteiger partial charge is 0.410 e. The lowest BCUT2D eigenvalue weighted by molar-refractivity contribution is -0.133. The molecule has 0 atom stereocenters. The van der Waals surface area contributed by atoms with Crippen LogP contribution < -0.4 is 4.74 Å². The number of hydrogen-bond donors (Lipinski definition) is 0. The van der Waals surface area contributed by atoms with Gasteiger partial charge in [-0.3, -0.25) is 4.79 Å². The van der Waals surface area contributed by atoms with Crippen LogP contribution >= 0.6 is 11.6 Å². The molecular weight excluding hydrogens is 380 g/mol. The van der Waals surface area contributed by atoms with Crippen molar-refractivity contribution in [3.05, 3.63) is 29.3 Å². The van der Waals surface area contributed by atoms with E-state index >= 15 is 0 Å². The Morgan fingerprint density at radius 1 is 1.21 bits per heavy atom. The van der Waals surface area contributed by atoms with Crippen LogP contribution in [0, 0.1) is 5.92 Å². The quantitative estimate of drug-likeness (QED) is 0.704. The van der Waals surface area contributed by atoms with E-state index in [-0.39, 0.29) is 12.0 Å². The summed E-state index contributed by atoms with van der Waals surface area (Å²) in [5, 5.41) is 0.546. The van der Waals surface area contributed by atoms with Gasteiger partial charge in [0.2, 0.25) is 5.91 Å². The maximum absolute atomic E-state index is 12.4. The number of halogens is 1. The highest BCUT2D eigenvalue weighted by Crippen LogP contribution is 2.24. The van der Waals surface area contributed by atoms with Gasteiger partial charge in [0.1, 0.15) is 11.4 Å². The summed E-state index contributed by atoms with van der Waals surface area (Å²) in [7, 11) is 1.76. The first-order valence-corrected chi connectivity index (χ1v) is 10.1. The van der Waals surface area contributed by atoms with E-state index < -0.39 is 5.60 Å². The van der Waals surface area contributed by atoms with Crippen LogP contribution in [0.15, 0.2) is 24.3 Å². The van der Waals surface area contributed by atoms with Gasteiger partial charge in [-0.05, 0) is 51.7 Å². The van der Waals surface area contributed by atoms with Gasteiger partial charge in [-0.25, -0.2) is 4.79 Å². The first-order chi connectivity index (χ1) is 13.2. The molecule has 7 heteroatoms. The summed E-state index contributed by atoms with van der Waals surface area (Å²) in [6.07, 6.45) is 1.78.